The monoisotopic (exact) mass is 158 g/mol. The van der Waals surface area contributed by atoms with Crippen LogP contribution >= 0.6 is 12.1 Å². The van der Waals surface area contributed by atoms with E-state index in [-0.39, 0.29) is 0 Å². The lowest BCUT2D eigenvalue weighted by atomic mass is 10.3. The van der Waals surface area contributed by atoms with Crippen LogP contribution in [-0.2, 0) is 13.0 Å². The van der Waals surface area contributed by atoms with Crippen molar-refractivity contribution in [2.75, 3.05) is 0 Å². The van der Waals surface area contributed by atoms with Crippen molar-refractivity contribution in [3.8, 4) is 0 Å². The number of aryl methyl sites for hydroxylation is 1. The summed E-state index contributed by atoms with van der Waals surface area (Å²) in [5.74, 6) is 0. The smallest absolute Gasteiger partial charge is 0.0848 e. The van der Waals surface area contributed by atoms with E-state index in [9.17, 15) is 3.89 Å². The first-order chi connectivity index (χ1) is 4.92. The highest BCUT2D eigenvalue weighted by Crippen LogP contribution is 2.27. The van der Waals surface area contributed by atoms with Crippen LogP contribution in [-0.4, -0.2) is 9.78 Å². The Hall–Kier alpha value is -0.510. The number of aromatic nitrogens is 2. The van der Waals surface area contributed by atoms with Crippen molar-refractivity contribution in [3.63, 3.8) is 0 Å². The van der Waals surface area contributed by atoms with E-state index >= 15 is 0 Å². The van der Waals surface area contributed by atoms with Crippen molar-refractivity contribution in [3.05, 3.63) is 11.9 Å². The van der Waals surface area contributed by atoms with Crippen LogP contribution in [0.1, 0.15) is 12.1 Å². The molecule has 0 unspecified atom stereocenters. The van der Waals surface area contributed by atoms with Crippen LogP contribution in [0.3, 0.4) is 0 Å². The Morgan fingerprint density at radius 1 is 1.70 bits per heavy atom. The van der Waals surface area contributed by atoms with Gasteiger partial charge in [-0.2, -0.15) is 8.98 Å². The third-order valence-corrected chi connectivity index (χ3v) is 2.28. The average Bonchev–Trinajstić information content (AvgIpc) is 2.44. The minimum atomic E-state index is 0.297. The summed E-state index contributed by atoms with van der Waals surface area (Å²) >= 11 is 0.297. The van der Waals surface area contributed by atoms with Gasteiger partial charge in [-0.15, -0.1) is 0 Å². The van der Waals surface area contributed by atoms with Gasteiger partial charge in [-0.25, -0.2) is 0 Å². The minimum absolute atomic E-state index is 0.297. The zero-order valence-corrected chi connectivity index (χ0v) is 6.20. The molecule has 0 fully saturated rings. The van der Waals surface area contributed by atoms with Crippen molar-refractivity contribution < 1.29 is 3.89 Å². The van der Waals surface area contributed by atoms with Gasteiger partial charge >= 0.3 is 0 Å². The second kappa shape index (κ2) is 2.27. The molecule has 4 heteroatoms. The Balaban J connectivity index is 2.44. The first kappa shape index (κ1) is 6.22. The van der Waals surface area contributed by atoms with E-state index in [2.05, 4.69) is 5.10 Å². The molecule has 0 saturated heterocycles. The number of fused-ring (bicyclic) bond motifs is 1. The third-order valence-electron chi connectivity index (χ3n) is 1.78. The molecule has 1 aromatic heterocycles. The summed E-state index contributed by atoms with van der Waals surface area (Å²) in [7, 11) is 0. The van der Waals surface area contributed by atoms with Gasteiger partial charge in [0.25, 0.3) is 0 Å². The largest absolute Gasteiger partial charge is 0.268 e. The molecule has 0 amide bonds. The normalized spacial score (nSPS) is 15.7. The summed E-state index contributed by atoms with van der Waals surface area (Å²) in [6, 6.07) is 0. The summed E-state index contributed by atoms with van der Waals surface area (Å²) < 4.78 is 14.0. The number of rotatable bonds is 1. The van der Waals surface area contributed by atoms with Crippen molar-refractivity contribution in [2.24, 2.45) is 0 Å². The molecule has 0 saturated carbocycles. The highest BCUT2D eigenvalue weighted by molar-refractivity contribution is 7.94. The molecule has 0 aliphatic carbocycles. The predicted octanol–water partition coefficient (Wildman–Crippen LogP) is 1.81. The van der Waals surface area contributed by atoms with E-state index in [4.69, 9.17) is 0 Å². The van der Waals surface area contributed by atoms with Gasteiger partial charge in [0, 0.05) is 6.54 Å². The Morgan fingerprint density at radius 2 is 2.60 bits per heavy atom. The van der Waals surface area contributed by atoms with E-state index < -0.39 is 0 Å². The van der Waals surface area contributed by atoms with Crippen LogP contribution in [0.15, 0.2) is 11.1 Å². The Bertz CT molecular complexity index is 246. The quantitative estimate of drug-likeness (QED) is 0.620. The van der Waals surface area contributed by atoms with E-state index in [1.165, 1.54) is 0 Å². The van der Waals surface area contributed by atoms with Crippen LogP contribution < -0.4 is 0 Å². The molecule has 0 aromatic carbocycles. The second-order valence-electron chi connectivity index (χ2n) is 2.36. The highest BCUT2D eigenvalue weighted by atomic mass is 32.2. The van der Waals surface area contributed by atoms with Crippen molar-refractivity contribution in [1.29, 1.82) is 0 Å². The molecule has 0 spiro atoms. The van der Waals surface area contributed by atoms with E-state index in [0.717, 1.165) is 25.1 Å². The fourth-order valence-corrected chi connectivity index (χ4v) is 1.68. The lowest BCUT2D eigenvalue weighted by molar-refractivity contribution is 0.656. The number of nitrogens with zero attached hydrogens (tertiary/aromatic N) is 2. The standard InChI is InChI=1S/C6H7FN2S/c7-10-6-4-8-9-3-1-2-5(6)9/h4H,1-3H2. The van der Waals surface area contributed by atoms with Crippen LogP contribution in [0.4, 0.5) is 3.89 Å². The van der Waals surface area contributed by atoms with Gasteiger partial charge in [0.15, 0.2) is 0 Å². The predicted molar refractivity (Wildman–Crippen MR) is 37.5 cm³/mol. The van der Waals surface area contributed by atoms with E-state index in [1.807, 2.05) is 4.68 Å². The summed E-state index contributed by atoms with van der Waals surface area (Å²) in [5.41, 5.74) is 1.06. The minimum Gasteiger partial charge on any atom is -0.268 e. The van der Waals surface area contributed by atoms with Gasteiger partial charge in [-0.05, 0) is 12.8 Å². The molecule has 10 heavy (non-hydrogen) atoms. The fraction of sp³-hybridized carbons (Fsp3) is 0.500. The Kier molecular flexibility index (Phi) is 1.41. The summed E-state index contributed by atoms with van der Waals surface area (Å²) in [6.45, 7) is 0.954. The van der Waals surface area contributed by atoms with Gasteiger partial charge in [0.1, 0.15) is 0 Å². The van der Waals surface area contributed by atoms with Crippen LogP contribution in [0.5, 0.6) is 0 Å². The molecule has 1 aliphatic heterocycles. The number of halogens is 1. The molecule has 2 nitrogen and oxygen atoms in total. The number of hydrogen-bond acceptors (Lipinski definition) is 2. The first-order valence-electron chi connectivity index (χ1n) is 3.25. The number of hydrogen-bond donors (Lipinski definition) is 0. The molecule has 2 heterocycles. The van der Waals surface area contributed by atoms with Crippen LogP contribution in [0.2, 0.25) is 0 Å². The van der Waals surface area contributed by atoms with Crippen LogP contribution in [0, 0.1) is 0 Å². The Labute approximate surface area is 62.7 Å². The maximum absolute atomic E-state index is 12.1. The molecule has 0 atom stereocenters. The van der Waals surface area contributed by atoms with Gasteiger partial charge in [0.2, 0.25) is 0 Å². The molecule has 1 aromatic rings. The van der Waals surface area contributed by atoms with Gasteiger partial charge in [-0.1, -0.05) is 0 Å². The second-order valence-corrected chi connectivity index (χ2v) is 2.95. The third kappa shape index (κ3) is 0.751. The van der Waals surface area contributed by atoms with Crippen molar-refractivity contribution >= 4 is 12.1 Å². The molecule has 54 valence electrons. The zero-order valence-electron chi connectivity index (χ0n) is 5.38. The zero-order chi connectivity index (χ0) is 6.97. The molecule has 2 rings (SSSR count). The van der Waals surface area contributed by atoms with E-state index in [1.54, 1.807) is 6.20 Å². The van der Waals surface area contributed by atoms with Crippen molar-refractivity contribution in [2.45, 2.75) is 24.3 Å². The molecular formula is C6H7FN2S. The molecular weight excluding hydrogens is 151 g/mol. The van der Waals surface area contributed by atoms with E-state index in [0.29, 0.717) is 17.0 Å². The lowest BCUT2D eigenvalue weighted by Crippen LogP contribution is -1.92. The highest BCUT2D eigenvalue weighted by Gasteiger charge is 2.16. The summed E-state index contributed by atoms with van der Waals surface area (Å²) in [6.07, 6.45) is 3.68. The fourth-order valence-electron chi connectivity index (χ4n) is 1.30. The summed E-state index contributed by atoms with van der Waals surface area (Å²) in [5, 5.41) is 4.02. The van der Waals surface area contributed by atoms with Crippen LogP contribution in [0.25, 0.3) is 0 Å². The van der Waals surface area contributed by atoms with Gasteiger partial charge in [0.05, 0.1) is 28.9 Å². The maximum atomic E-state index is 12.1. The lowest BCUT2D eigenvalue weighted by Gasteiger charge is -1.90. The topological polar surface area (TPSA) is 17.8 Å². The molecule has 0 radical (unpaired) electrons. The van der Waals surface area contributed by atoms with Crippen molar-refractivity contribution in [1.82, 2.24) is 9.78 Å². The average molecular weight is 158 g/mol. The molecule has 1 aliphatic rings. The molecule has 0 bridgehead atoms. The van der Waals surface area contributed by atoms with Gasteiger partial charge < -0.3 is 0 Å². The Morgan fingerprint density at radius 3 is 3.40 bits per heavy atom. The summed E-state index contributed by atoms with van der Waals surface area (Å²) in [4.78, 5) is 0.692. The SMILES string of the molecule is FSc1cnn2c1CCC2. The van der Waals surface area contributed by atoms with Gasteiger partial charge in [-0.3, -0.25) is 4.68 Å². The maximum Gasteiger partial charge on any atom is 0.0848 e. The molecule has 0 N–H and O–H groups in total. The first-order valence-corrected chi connectivity index (χ1v) is 3.97.